The Morgan fingerprint density at radius 1 is 0.871 bits per heavy atom. The topological polar surface area (TPSA) is 84.0 Å². The number of para-hydroxylation sites is 2. The SMILES string of the molecule is Cc1ccc(S(=O)(=O)Nc2nc3ccccc3nc2NCc2ccc(F)cc2)c(C)c1. The largest absolute Gasteiger partial charge is 0.363 e. The summed E-state index contributed by atoms with van der Waals surface area (Å²) in [5.74, 6) is 0.0633. The number of sulfonamides is 1. The molecule has 0 aliphatic carbocycles. The molecule has 3 aromatic carbocycles. The van der Waals surface area contributed by atoms with Gasteiger partial charge in [0.05, 0.1) is 15.9 Å². The molecule has 8 heteroatoms. The van der Waals surface area contributed by atoms with Gasteiger partial charge in [0.1, 0.15) is 5.82 Å². The molecule has 0 amide bonds. The molecular weight excluding hydrogens is 415 g/mol. The van der Waals surface area contributed by atoms with Gasteiger partial charge in [0.25, 0.3) is 10.0 Å². The molecule has 0 saturated carbocycles. The van der Waals surface area contributed by atoms with Gasteiger partial charge in [-0.2, -0.15) is 0 Å². The van der Waals surface area contributed by atoms with Crippen molar-refractivity contribution in [3.63, 3.8) is 0 Å². The van der Waals surface area contributed by atoms with Gasteiger partial charge in [-0.25, -0.2) is 22.8 Å². The third-order valence-corrected chi connectivity index (χ3v) is 6.29. The molecule has 0 unspecified atom stereocenters. The number of halogens is 1. The van der Waals surface area contributed by atoms with E-state index < -0.39 is 10.0 Å². The smallest absolute Gasteiger partial charge is 0.263 e. The number of anilines is 2. The fourth-order valence-corrected chi connectivity index (χ4v) is 4.50. The van der Waals surface area contributed by atoms with Gasteiger partial charge in [-0.15, -0.1) is 0 Å². The molecular formula is C23H21FN4O2S. The zero-order valence-electron chi connectivity index (χ0n) is 17.1. The Bertz CT molecular complexity index is 1360. The maximum Gasteiger partial charge on any atom is 0.263 e. The summed E-state index contributed by atoms with van der Waals surface area (Å²) in [5.41, 5.74) is 3.62. The number of nitrogens with one attached hydrogen (secondary N) is 2. The number of nitrogens with zero attached hydrogens (tertiary/aromatic N) is 2. The van der Waals surface area contributed by atoms with Crippen molar-refractivity contribution in [2.24, 2.45) is 0 Å². The molecule has 1 heterocycles. The maximum atomic E-state index is 13.2. The average molecular weight is 437 g/mol. The highest BCUT2D eigenvalue weighted by Gasteiger charge is 2.20. The number of rotatable bonds is 6. The van der Waals surface area contributed by atoms with Crippen molar-refractivity contribution in [2.45, 2.75) is 25.3 Å². The van der Waals surface area contributed by atoms with Gasteiger partial charge in [-0.1, -0.05) is 42.0 Å². The van der Waals surface area contributed by atoms with Crippen LogP contribution in [0.25, 0.3) is 11.0 Å². The molecule has 0 aliphatic heterocycles. The molecule has 0 bridgehead atoms. The minimum atomic E-state index is -3.88. The molecule has 4 aromatic rings. The Morgan fingerprint density at radius 3 is 2.16 bits per heavy atom. The first kappa shape index (κ1) is 20.7. The van der Waals surface area contributed by atoms with E-state index in [4.69, 9.17) is 0 Å². The summed E-state index contributed by atoms with van der Waals surface area (Å²) in [5, 5.41) is 3.12. The summed E-state index contributed by atoms with van der Waals surface area (Å²) in [4.78, 5) is 9.21. The normalized spacial score (nSPS) is 11.5. The zero-order chi connectivity index (χ0) is 22.0. The summed E-state index contributed by atoms with van der Waals surface area (Å²) in [6, 6.07) is 18.4. The number of aryl methyl sites for hydroxylation is 2. The second-order valence-corrected chi connectivity index (χ2v) is 8.91. The van der Waals surface area contributed by atoms with Gasteiger partial charge >= 0.3 is 0 Å². The summed E-state index contributed by atoms with van der Waals surface area (Å²) < 4.78 is 41.9. The van der Waals surface area contributed by atoms with Gasteiger partial charge in [0.2, 0.25) is 0 Å². The number of benzene rings is 3. The molecule has 0 saturated heterocycles. The Kier molecular flexibility index (Phi) is 5.56. The van der Waals surface area contributed by atoms with E-state index in [2.05, 4.69) is 20.0 Å². The molecule has 0 radical (unpaired) electrons. The van der Waals surface area contributed by atoms with Crippen LogP contribution in [-0.4, -0.2) is 18.4 Å². The van der Waals surface area contributed by atoms with Gasteiger partial charge in [-0.3, -0.25) is 4.72 Å². The summed E-state index contributed by atoms with van der Waals surface area (Å²) >= 11 is 0. The first-order valence-electron chi connectivity index (χ1n) is 9.67. The Balaban J connectivity index is 1.71. The highest BCUT2D eigenvalue weighted by molar-refractivity contribution is 7.92. The minimum Gasteiger partial charge on any atom is -0.363 e. The van der Waals surface area contributed by atoms with Crippen LogP contribution in [0.2, 0.25) is 0 Å². The number of aromatic nitrogens is 2. The second kappa shape index (κ2) is 8.31. The van der Waals surface area contributed by atoms with Crippen LogP contribution in [0.5, 0.6) is 0 Å². The molecule has 2 N–H and O–H groups in total. The number of fused-ring (bicyclic) bond motifs is 1. The van der Waals surface area contributed by atoms with Crippen molar-refractivity contribution in [1.82, 2.24) is 9.97 Å². The number of hydrogen-bond donors (Lipinski definition) is 2. The first-order chi connectivity index (χ1) is 14.8. The lowest BCUT2D eigenvalue weighted by Crippen LogP contribution is -2.17. The Morgan fingerprint density at radius 2 is 1.52 bits per heavy atom. The Hall–Kier alpha value is -3.52. The van der Waals surface area contributed by atoms with Gasteiger partial charge in [0, 0.05) is 6.54 Å². The molecule has 0 fully saturated rings. The lowest BCUT2D eigenvalue weighted by Gasteiger charge is -2.15. The van der Waals surface area contributed by atoms with Crippen LogP contribution >= 0.6 is 0 Å². The highest BCUT2D eigenvalue weighted by atomic mass is 32.2. The molecule has 31 heavy (non-hydrogen) atoms. The van der Waals surface area contributed by atoms with Gasteiger partial charge in [-0.05, 0) is 55.3 Å². The van der Waals surface area contributed by atoms with Gasteiger partial charge in [0.15, 0.2) is 11.6 Å². The van der Waals surface area contributed by atoms with Crippen LogP contribution in [0.4, 0.5) is 16.0 Å². The van der Waals surface area contributed by atoms with Crippen molar-refractivity contribution in [2.75, 3.05) is 10.0 Å². The average Bonchev–Trinajstić information content (AvgIpc) is 2.73. The van der Waals surface area contributed by atoms with Crippen LogP contribution < -0.4 is 10.0 Å². The fourth-order valence-electron chi connectivity index (χ4n) is 3.27. The van der Waals surface area contributed by atoms with Crippen LogP contribution in [0.1, 0.15) is 16.7 Å². The summed E-state index contributed by atoms with van der Waals surface area (Å²) in [7, 11) is -3.88. The maximum absolute atomic E-state index is 13.2. The molecule has 6 nitrogen and oxygen atoms in total. The van der Waals surface area contributed by atoms with Crippen molar-refractivity contribution < 1.29 is 12.8 Å². The number of hydrogen-bond acceptors (Lipinski definition) is 5. The van der Waals surface area contributed by atoms with Crippen molar-refractivity contribution in [1.29, 1.82) is 0 Å². The van der Waals surface area contributed by atoms with E-state index >= 15 is 0 Å². The quantitative estimate of drug-likeness (QED) is 0.454. The lowest BCUT2D eigenvalue weighted by atomic mass is 10.2. The van der Waals surface area contributed by atoms with Crippen molar-refractivity contribution in [3.05, 3.63) is 89.2 Å². The van der Waals surface area contributed by atoms with E-state index in [1.807, 2.05) is 25.1 Å². The molecule has 0 spiro atoms. The van der Waals surface area contributed by atoms with Crippen LogP contribution in [0, 0.1) is 19.7 Å². The minimum absolute atomic E-state index is 0.0980. The predicted molar refractivity (Wildman–Crippen MR) is 120 cm³/mol. The highest BCUT2D eigenvalue weighted by Crippen LogP contribution is 2.26. The van der Waals surface area contributed by atoms with Gasteiger partial charge < -0.3 is 5.32 Å². The van der Waals surface area contributed by atoms with E-state index in [9.17, 15) is 12.8 Å². The fraction of sp³-hybridized carbons (Fsp3) is 0.130. The lowest BCUT2D eigenvalue weighted by molar-refractivity contribution is 0.600. The van der Waals surface area contributed by atoms with Crippen molar-refractivity contribution in [3.8, 4) is 0 Å². The van der Waals surface area contributed by atoms with Crippen LogP contribution in [0.15, 0.2) is 71.6 Å². The Labute approximate surface area is 180 Å². The molecule has 1 aromatic heterocycles. The van der Waals surface area contributed by atoms with E-state index in [-0.39, 0.29) is 22.3 Å². The van der Waals surface area contributed by atoms with E-state index in [1.165, 1.54) is 12.1 Å². The third-order valence-electron chi connectivity index (χ3n) is 4.79. The van der Waals surface area contributed by atoms with Crippen LogP contribution in [-0.2, 0) is 16.6 Å². The second-order valence-electron chi connectivity index (χ2n) is 7.26. The standard InChI is InChI=1S/C23H21FN4O2S/c1-15-7-12-21(16(2)13-15)31(29,30)28-23-22(25-14-17-8-10-18(24)11-9-17)26-19-5-3-4-6-20(19)27-23/h3-13H,14H2,1-2H3,(H,25,26)(H,27,28). The monoisotopic (exact) mass is 436 g/mol. The third kappa shape index (κ3) is 4.64. The first-order valence-corrected chi connectivity index (χ1v) is 11.2. The molecule has 0 atom stereocenters. The summed E-state index contributed by atoms with van der Waals surface area (Å²) in [6.07, 6.45) is 0. The van der Waals surface area contributed by atoms with E-state index in [0.29, 0.717) is 23.1 Å². The van der Waals surface area contributed by atoms with E-state index in [0.717, 1.165) is 11.1 Å². The predicted octanol–water partition coefficient (Wildman–Crippen LogP) is 4.80. The van der Waals surface area contributed by atoms with Crippen molar-refractivity contribution >= 4 is 32.7 Å². The molecule has 4 rings (SSSR count). The molecule has 0 aliphatic rings. The van der Waals surface area contributed by atoms with Crippen LogP contribution in [0.3, 0.4) is 0 Å². The zero-order valence-corrected chi connectivity index (χ0v) is 17.9. The molecule has 158 valence electrons. The van der Waals surface area contributed by atoms with E-state index in [1.54, 1.807) is 43.3 Å². The summed E-state index contributed by atoms with van der Waals surface area (Å²) in [6.45, 7) is 3.98.